The number of thioether (sulfide) groups is 1. The fourth-order valence-electron chi connectivity index (χ4n) is 2.18. The number of hydrogen-bond acceptors (Lipinski definition) is 5. The average molecular weight is 364 g/mol. The largest absolute Gasteiger partial charge is 0.490 e. The minimum atomic E-state index is -0.503. The number of amides is 1. The van der Waals surface area contributed by atoms with Crippen LogP contribution in [0.15, 0.2) is 36.4 Å². The zero-order valence-electron chi connectivity index (χ0n) is 13.7. The fraction of sp³-hybridized carbons (Fsp3) is 0.235. The van der Waals surface area contributed by atoms with Crippen LogP contribution >= 0.6 is 11.8 Å². The summed E-state index contributed by atoms with van der Waals surface area (Å²) in [7, 11) is 1.37. The average Bonchev–Trinajstić information content (AvgIpc) is 2.57. The first kappa shape index (κ1) is 18.7. The molecule has 132 valence electrons. The number of aryl methyl sites for hydroxylation is 1. The maximum absolute atomic E-state index is 13.0. The van der Waals surface area contributed by atoms with Gasteiger partial charge in [0.05, 0.1) is 17.8 Å². The Morgan fingerprint density at radius 1 is 1.32 bits per heavy atom. The molecular weight excluding hydrogens is 347 g/mol. The quantitative estimate of drug-likeness (QED) is 0.595. The van der Waals surface area contributed by atoms with Crippen LogP contribution in [0.5, 0.6) is 5.75 Å². The molecule has 0 aliphatic carbocycles. The number of methoxy groups -OCH3 is 1. The highest BCUT2D eigenvalue weighted by molar-refractivity contribution is 7.99. The van der Waals surface area contributed by atoms with Crippen LogP contribution in [0.2, 0.25) is 0 Å². The van der Waals surface area contributed by atoms with Crippen molar-refractivity contribution in [3.8, 4) is 5.75 Å². The van der Waals surface area contributed by atoms with Crippen LogP contribution in [0, 0.1) is 22.9 Å². The van der Waals surface area contributed by atoms with Gasteiger partial charge in [0, 0.05) is 17.5 Å². The second-order valence-corrected chi connectivity index (χ2v) is 6.25. The molecule has 8 heteroatoms. The van der Waals surface area contributed by atoms with E-state index >= 15 is 0 Å². The van der Waals surface area contributed by atoms with Crippen LogP contribution < -0.4 is 10.1 Å². The van der Waals surface area contributed by atoms with E-state index < -0.39 is 4.92 Å². The summed E-state index contributed by atoms with van der Waals surface area (Å²) in [5, 5.41) is 13.7. The number of anilines is 1. The van der Waals surface area contributed by atoms with Gasteiger partial charge in [-0.2, -0.15) is 0 Å². The van der Waals surface area contributed by atoms with E-state index in [0.29, 0.717) is 17.0 Å². The molecule has 0 atom stereocenters. The highest BCUT2D eigenvalue weighted by Gasteiger charge is 2.15. The van der Waals surface area contributed by atoms with E-state index in [2.05, 4.69) is 5.32 Å². The summed E-state index contributed by atoms with van der Waals surface area (Å²) in [6, 6.07) is 8.84. The molecule has 0 fully saturated rings. The molecule has 1 N–H and O–H groups in total. The molecule has 0 spiro atoms. The molecule has 0 saturated heterocycles. The van der Waals surface area contributed by atoms with Gasteiger partial charge in [0.15, 0.2) is 5.75 Å². The van der Waals surface area contributed by atoms with Crippen molar-refractivity contribution in [3.05, 3.63) is 63.5 Å². The second-order valence-electron chi connectivity index (χ2n) is 5.26. The third-order valence-electron chi connectivity index (χ3n) is 3.40. The van der Waals surface area contributed by atoms with Gasteiger partial charge in [-0.3, -0.25) is 14.9 Å². The summed E-state index contributed by atoms with van der Waals surface area (Å²) in [5.74, 6) is 0.245. The lowest BCUT2D eigenvalue weighted by molar-refractivity contribution is -0.385. The molecule has 2 aromatic carbocycles. The molecule has 6 nitrogen and oxygen atoms in total. The van der Waals surface area contributed by atoms with Gasteiger partial charge in [-0.1, -0.05) is 6.07 Å². The van der Waals surface area contributed by atoms with Crippen molar-refractivity contribution in [2.75, 3.05) is 18.2 Å². The normalized spacial score (nSPS) is 10.4. The molecule has 0 radical (unpaired) electrons. The Labute approximate surface area is 148 Å². The molecule has 0 heterocycles. The summed E-state index contributed by atoms with van der Waals surface area (Å²) >= 11 is 1.33. The van der Waals surface area contributed by atoms with E-state index in [4.69, 9.17) is 4.74 Å². The third-order valence-corrected chi connectivity index (χ3v) is 4.41. The number of nitro benzene ring substituents is 1. The van der Waals surface area contributed by atoms with Crippen molar-refractivity contribution >= 4 is 29.0 Å². The van der Waals surface area contributed by atoms with Gasteiger partial charge in [-0.25, -0.2) is 4.39 Å². The molecular formula is C17H17FN2O4S. The summed E-state index contributed by atoms with van der Waals surface area (Å²) in [6.45, 7) is 1.71. The van der Waals surface area contributed by atoms with E-state index in [1.54, 1.807) is 13.0 Å². The molecule has 0 aliphatic rings. The lowest BCUT2D eigenvalue weighted by atomic mass is 10.2. The number of hydrogen-bond donors (Lipinski definition) is 1. The number of carbonyl (C=O) groups excluding carboxylic acids is 1. The Hall–Kier alpha value is -2.61. The molecule has 0 aliphatic heterocycles. The van der Waals surface area contributed by atoms with E-state index in [-0.39, 0.29) is 28.9 Å². The van der Waals surface area contributed by atoms with Gasteiger partial charge < -0.3 is 10.1 Å². The van der Waals surface area contributed by atoms with E-state index in [9.17, 15) is 19.3 Å². The summed E-state index contributed by atoms with van der Waals surface area (Å²) in [6.07, 6.45) is 0. The summed E-state index contributed by atoms with van der Waals surface area (Å²) in [4.78, 5) is 22.5. The minimum Gasteiger partial charge on any atom is -0.490 e. The van der Waals surface area contributed by atoms with Gasteiger partial charge in [-0.05, 0) is 42.3 Å². The predicted octanol–water partition coefficient (Wildman–Crippen LogP) is 3.92. The first-order chi connectivity index (χ1) is 11.9. The Bertz CT molecular complexity index is 798. The van der Waals surface area contributed by atoms with Crippen molar-refractivity contribution in [3.63, 3.8) is 0 Å². The maximum atomic E-state index is 13.0. The van der Waals surface area contributed by atoms with Crippen molar-refractivity contribution in [1.82, 2.24) is 0 Å². The molecule has 2 rings (SSSR count). The zero-order chi connectivity index (χ0) is 18.4. The highest BCUT2D eigenvalue weighted by Crippen LogP contribution is 2.29. The van der Waals surface area contributed by atoms with Crippen molar-refractivity contribution in [2.45, 2.75) is 12.7 Å². The first-order valence-electron chi connectivity index (χ1n) is 7.35. The number of rotatable bonds is 7. The van der Waals surface area contributed by atoms with Gasteiger partial charge in [0.25, 0.3) is 0 Å². The van der Waals surface area contributed by atoms with Crippen LogP contribution in [0.25, 0.3) is 0 Å². The predicted molar refractivity (Wildman–Crippen MR) is 95.6 cm³/mol. The topological polar surface area (TPSA) is 81.5 Å². The molecule has 0 bridgehead atoms. The zero-order valence-corrected chi connectivity index (χ0v) is 14.6. The second kappa shape index (κ2) is 8.48. The van der Waals surface area contributed by atoms with Crippen LogP contribution in [-0.4, -0.2) is 23.7 Å². The van der Waals surface area contributed by atoms with Crippen LogP contribution in [0.4, 0.5) is 15.8 Å². The number of ether oxygens (including phenoxy) is 1. The molecule has 25 heavy (non-hydrogen) atoms. The minimum absolute atomic E-state index is 0.105. The van der Waals surface area contributed by atoms with Crippen molar-refractivity contribution in [2.24, 2.45) is 0 Å². The number of nitrogens with one attached hydrogen (secondary N) is 1. The molecule has 0 saturated carbocycles. The SMILES string of the molecule is COc1ccc(CSCC(=O)Nc2ccc(F)cc2C)cc1[N+](=O)[O-]. The summed E-state index contributed by atoms with van der Waals surface area (Å²) < 4.78 is 18.0. The van der Waals surface area contributed by atoms with Gasteiger partial charge in [-0.15, -0.1) is 11.8 Å². The van der Waals surface area contributed by atoms with Crippen LogP contribution in [0.3, 0.4) is 0 Å². The van der Waals surface area contributed by atoms with E-state index in [1.165, 1.54) is 49.2 Å². The molecule has 0 aromatic heterocycles. The van der Waals surface area contributed by atoms with Gasteiger partial charge >= 0.3 is 5.69 Å². The van der Waals surface area contributed by atoms with E-state index in [1.807, 2.05) is 0 Å². The number of halogens is 1. The van der Waals surface area contributed by atoms with Crippen LogP contribution in [0.1, 0.15) is 11.1 Å². The van der Waals surface area contributed by atoms with Crippen LogP contribution in [-0.2, 0) is 10.5 Å². The van der Waals surface area contributed by atoms with Crippen molar-refractivity contribution in [1.29, 1.82) is 0 Å². The lowest BCUT2D eigenvalue weighted by Crippen LogP contribution is -2.15. The van der Waals surface area contributed by atoms with E-state index in [0.717, 1.165) is 5.56 Å². The standard InChI is InChI=1S/C17H17FN2O4S/c1-11-7-13(18)4-5-14(11)19-17(21)10-25-9-12-3-6-16(24-2)15(8-12)20(22)23/h3-8H,9-10H2,1-2H3,(H,19,21). The lowest BCUT2D eigenvalue weighted by Gasteiger charge is -2.08. The number of nitro groups is 1. The number of carbonyl (C=O) groups is 1. The Morgan fingerprint density at radius 2 is 2.08 bits per heavy atom. The molecule has 0 unspecified atom stereocenters. The third kappa shape index (κ3) is 5.18. The Kier molecular flexibility index (Phi) is 6.35. The fourth-order valence-corrected chi connectivity index (χ4v) is 2.96. The smallest absolute Gasteiger partial charge is 0.311 e. The molecule has 1 amide bonds. The summed E-state index contributed by atoms with van der Waals surface area (Å²) in [5.41, 5.74) is 1.83. The Balaban J connectivity index is 1.91. The Morgan fingerprint density at radius 3 is 2.72 bits per heavy atom. The molecule has 2 aromatic rings. The van der Waals surface area contributed by atoms with Gasteiger partial charge in [0.1, 0.15) is 5.82 Å². The monoisotopic (exact) mass is 364 g/mol. The maximum Gasteiger partial charge on any atom is 0.311 e. The van der Waals surface area contributed by atoms with Gasteiger partial charge in [0.2, 0.25) is 5.91 Å². The highest BCUT2D eigenvalue weighted by atomic mass is 32.2. The van der Waals surface area contributed by atoms with Crippen molar-refractivity contribution < 1.29 is 18.8 Å². The number of nitrogens with zero attached hydrogens (tertiary/aromatic N) is 1. The number of benzene rings is 2. The first-order valence-corrected chi connectivity index (χ1v) is 8.51.